The molecule has 2 amide bonds. The second-order valence-corrected chi connectivity index (χ2v) is 8.25. The Morgan fingerprint density at radius 3 is 2.56 bits per heavy atom. The number of urea groups is 1. The molecule has 0 bridgehead atoms. The van der Waals surface area contributed by atoms with Gasteiger partial charge < -0.3 is 25.1 Å². The van der Waals surface area contributed by atoms with Crippen LogP contribution in [0.4, 0.5) is 10.5 Å². The zero-order valence-electron chi connectivity index (χ0n) is 18.7. The number of methoxy groups -OCH3 is 2. The maximum Gasteiger partial charge on any atom is 0.337 e. The number of carbonyl (C=O) groups is 2. The van der Waals surface area contributed by atoms with E-state index in [-0.39, 0.29) is 18.0 Å². The molecular weight excluding hydrogens is 406 g/mol. The van der Waals surface area contributed by atoms with Gasteiger partial charge >= 0.3 is 12.0 Å². The first-order chi connectivity index (χ1) is 15.5. The second-order valence-electron chi connectivity index (χ2n) is 8.25. The van der Waals surface area contributed by atoms with Crippen molar-refractivity contribution in [2.24, 2.45) is 0 Å². The van der Waals surface area contributed by atoms with Crippen molar-refractivity contribution < 1.29 is 19.1 Å². The van der Waals surface area contributed by atoms with E-state index in [1.54, 1.807) is 19.2 Å². The number of rotatable bonds is 6. The Morgan fingerprint density at radius 1 is 1.06 bits per heavy atom. The fourth-order valence-electron chi connectivity index (χ4n) is 4.48. The Kier molecular flexibility index (Phi) is 6.35. The van der Waals surface area contributed by atoms with Crippen molar-refractivity contribution in [3.63, 3.8) is 0 Å². The van der Waals surface area contributed by atoms with Crippen molar-refractivity contribution in [1.82, 2.24) is 10.3 Å². The molecule has 1 fully saturated rings. The minimum atomic E-state index is -0.402. The highest BCUT2D eigenvalue weighted by Gasteiger charge is 2.20. The van der Waals surface area contributed by atoms with Crippen LogP contribution in [-0.4, -0.2) is 37.2 Å². The van der Waals surface area contributed by atoms with Gasteiger partial charge in [0.1, 0.15) is 5.75 Å². The van der Waals surface area contributed by atoms with E-state index in [0.29, 0.717) is 11.3 Å². The van der Waals surface area contributed by atoms with Crippen LogP contribution in [0.1, 0.15) is 60.0 Å². The zero-order valence-corrected chi connectivity index (χ0v) is 18.7. The normalized spacial score (nSPS) is 14.8. The molecule has 2 aromatic carbocycles. The first-order valence-electron chi connectivity index (χ1n) is 10.9. The van der Waals surface area contributed by atoms with Crippen LogP contribution in [0, 0.1) is 0 Å². The molecule has 1 atom stereocenters. The number of H-pyrrole nitrogens is 1. The summed E-state index contributed by atoms with van der Waals surface area (Å²) in [7, 11) is 2.95. The second kappa shape index (κ2) is 9.34. The summed E-state index contributed by atoms with van der Waals surface area (Å²) >= 11 is 0. The van der Waals surface area contributed by atoms with Gasteiger partial charge in [0.25, 0.3) is 0 Å². The maximum atomic E-state index is 12.4. The van der Waals surface area contributed by atoms with Gasteiger partial charge in [0.2, 0.25) is 0 Å². The van der Waals surface area contributed by atoms with Crippen molar-refractivity contribution in [2.45, 2.75) is 44.6 Å². The van der Waals surface area contributed by atoms with Crippen molar-refractivity contribution >= 4 is 28.6 Å². The van der Waals surface area contributed by atoms with Crippen LogP contribution in [0.25, 0.3) is 10.9 Å². The standard InChI is InChI=1S/C25H29N3O4/c1-15(19-10-8-16(24(29)32-3)12-23(19)31-2)21-14-26-22-11-9-18(13-20(21)22)28-25(30)27-17-6-4-5-7-17/h8-15,17,26H,4-7H2,1-3H3,(H2,27,28,30). The number of nitrogens with one attached hydrogen (secondary N) is 3. The first kappa shape index (κ1) is 21.7. The summed E-state index contributed by atoms with van der Waals surface area (Å²) < 4.78 is 10.4. The van der Waals surface area contributed by atoms with Crippen molar-refractivity contribution in [3.8, 4) is 5.75 Å². The van der Waals surface area contributed by atoms with Gasteiger partial charge in [-0.1, -0.05) is 25.8 Å². The van der Waals surface area contributed by atoms with Crippen LogP contribution in [0.2, 0.25) is 0 Å². The Balaban J connectivity index is 1.59. The number of anilines is 1. The number of hydrogen-bond acceptors (Lipinski definition) is 4. The molecule has 0 spiro atoms. The van der Waals surface area contributed by atoms with E-state index in [4.69, 9.17) is 9.47 Å². The predicted molar refractivity (Wildman–Crippen MR) is 125 cm³/mol. The number of benzene rings is 2. The number of aromatic nitrogens is 1. The minimum absolute atomic E-state index is 0.00652. The zero-order chi connectivity index (χ0) is 22.7. The largest absolute Gasteiger partial charge is 0.496 e. The molecule has 4 rings (SSSR count). The van der Waals surface area contributed by atoms with E-state index in [9.17, 15) is 9.59 Å². The highest BCUT2D eigenvalue weighted by molar-refractivity contribution is 5.94. The summed E-state index contributed by atoms with van der Waals surface area (Å²) in [5.74, 6) is 0.217. The topological polar surface area (TPSA) is 92.5 Å². The van der Waals surface area contributed by atoms with Gasteiger partial charge in [-0.15, -0.1) is 0 Å². The monoisotopic (exact) mass is 435 g/mol. The number of ether oxygens (including phenoxy) is 2. The molecule has 1 aliphatic rings. The number of fused-ring (bicyclic) bond motifs is 1. The van der Waals surface area contributed by atoms with Gasteiger partial charge in [0.15, 0.2) is 0 Å². The smallest absolute Gasteiger partial charge is 0.337 e. The summed E-state index contributed by atoms with van der Waals surface area (Å²) in [5, 5.41) is 7.04. The van der Waals surface area contributed by atoms with Crippen LogP contribution in [-0.2, 0) is 4.74 Å². The molecule has 1 aliphatic carbocycles. The molecule has 3 N–H and O–H groups in total. The van der Waals surface area contributed by atoms with Gasteiger partial charge in [-0.2, -0.15) is 0 Å². The molecule has 0 saturated heterocycles. The summed E-state index contributed by atoms with van der Waals surface area (Å²) in [6.45, 7) is 2.09. The third-order valence-corrected chi connectivity index (χ3v) is 6.25. The lowest BCUT2D eigenvalue weighted by molar-refractivity contribution is 0.0600. The molecule has 168 valence electrons. The van der Waals surface area contributed by atoms with E-state index in [0.717, 1.165) is 40.6 Å². The highest BCUT2D eigenvalue weighted by Crippen LogP contribution is 2.36. The Hall–Kier alpha value is -3.48. The molecule has 7 heteroatoms. The predicted octanol–water partition coefficient (Wildman–Crippen LogP) is 5.18. The van der Waals surface area contributed by atoms with Gasteiger partial charge in [0, 0.05) is 40.3 Å². The molecule has 1 heterocycles. The number of amides is 2. The lowest BCUT2D eigenvalue weighted by atomic mass is 9.91. The van der Waals surface area contributed by atoms with Crippen molar-refractivity contribution in [3.05, 3.63) is 59.3 Å². The fourth-order valence-corrected chi connectivity index (χ4v) is 4.48. The Labute approximate surface area is 187 Å². The maximum absolute atomic E-state index is 12.4. The average molecular weight is 436 g/mol. The number of aromatic amines is 1. The van der Waals surface area contributed by atoms with Crippen molar-refractivity contribution in [1.29, 1.82) is 0 Å². The average Bonchev–Trinajstić information content (AvgIpc) is 3.47. The molecule has 1 saturated carbocycles. The lowest BCUT2D eigenvalue weighted by Crippen LogP contribution is -2.36. The van der Waals surface area contributed by atoms with Gasteiger partial charge in [-0.25, -0.2) is 9.59 Å². The number of esters is 1. The highest BCUT2D eigenvalue weighted by atomic mass is 16.5. The molecule has 0 aliphatic heterocycles. The van der Waals surface area contributed by atoms with E-state index >= 15 is 0 Å². The quantitative estimate of drug-likeness (QED) is 0.465. The third-order valence-electron chi connectivity index (χ3n) is 6.25. The van der Waals surface area contributed by atoms with E-state index in [1.165, 1.54) is 20.0 Å². The third kappa shape index (κ3) is 4.42. The Bertz CT molecular complexity index is 1130. The lowest BCUT2D eigenvalue weighted by Gasteiger charge is -2.17. The molecule has 0 radical (unpaired) electrons. The molecule has 32 heavy (non-hydrogen) atoms. The minimum Gasteiger partial charge on any atom is -0.496 e. The summed E-state index contributed by atoms with van der Waals surface area (Å²) in [4.78, 5) is 27.6. The van der Waals surface area contributed by atoms with E-state index < -0.39 is 5.97 Å². The van der Waals surface area contributed by atoms with Crippen LogP contribution >= 0.6 is 0 Å². The molecule has 1 unspecified atom stereocenters. The Morgan fingerprint density at radius 2 is 1.84 bits per heavy atom. The van der Waals surface area contributed by atoms with Gasteiger partial charge in [0.05, 0.1) is 19.8 Å². The van der Waals surface area contributed by atoms with E-state index in [1.807, 2.05) is 30.5 Å². The summed E-state index contributed by atoms with van der Waals surface area (Å²) in [5.41, 5.74) is 4.20. The van der Waals surface area contributed by atoms with Crippen LogP contribution in [0.5, 0.6) is 5.75 Å². The molecule has 1 aromatic heterocycles. The first-order valence-corrected chi connectivity index (χ1v) is 10.9. The molecule has 3 aromatic rings. The molecule has 7 nitrogen and oxygen atoms in total. The van der Waals surface area contributed by atoms with Gasteiger partial charge in [-0.05, 0) is 48.7 Å². The van der Waals surface area contributed by atoms with Crippen molar-refractivity contribution in [2.75, 3.05) is 19.5 Å². The molecular formula is C25H29N3O4. The van der Waals surface area contributed by atoms with Crippen LogP contribution in [0.15, 0.2) is 42.6 Å². The van der Waals surface area contributed by atoms with E-state index in [2.05, 4.69) is 22.5 Å². The summed E-state index contributed by atoms with van der Waals surface area (Å²) in [6, 6.07) is 11.3. The summed E-state index contributed by atoms with van der Waals surface area (Å²) in [6.07, 6.45) is 6.41. The van der Waals surface area contributed by atoms with Crippen LogP contribution < -0.4 is 15.4 Å². The van der Waals surface area contributed by atoms with Gasteiger partial charge in [-0.3, -0.25) is 0 Å². The SMILES string of the molecule is COC(=O)c1ccc(C(C)c2c[nH]c3ccc(NC(=O)NC4CCCC4)cc23)c(OC)c1. The number of carbonyl (C=O) groups excluding carboxylic acids is 2. The van der Waals surface area contributed by atoms with Crippen LogP contribution in [0.3, 0.4) is 0 Å². The fraction of sp³-hybridized carbons (Fsp3) is 0.360. The number of hydrogen-bond donors (Lipinski definition) is 3.